The van der Waals surface area contributed by atoms with Gasteiger partial charge < -0.3 is 10.1 Å². The third-order valence-electron chi connectivity index (χ3n) is 4.07. The summed E-state index contributed by atoms with van der Waals surface area (Å²) in [7, 11) is 0. The van der Waals surface area contributed by atoms with E-state index in [2.05, 4.69) is 10.3 Å². The van der Waals surface area contributed by atoms with Crippen LogP contribution < -0.4 is 10.1 Å². The number of anilines is 1. The van der Waals surface area contributed by atoms with E-state index in [9.17, 15) is 4.79 Å². The number of nitrogens with one attached hydrogen (secondary N) is 1. The van der Waals surface area contributed by atoms with Gasteiger partial charge in [0.1, 0.15) is 5.69 Å². The number of fused-ring (bicyclic) bond motifs is 1. The van der Waals surface area contributed by atoms with Gasteiger partial charge in [-0.05, 0) is 63.1 Å². The fourth-order valence-corrected chi connectivity index (χ4v) is 2.71. The summed E-state index contributed by atoms with van der Waals surface area (Å²) in [5.74, 6) is 0.491. The molecular formula is C19H21N3O2. The molecule has 0 saturated heterocycles. The number of carbonyl (C=O) groups is 1. The van der Waals surface area contributed by atoms with Gasteiger partial charge in [0.2, 0.25) is 0 Å². The average Bonchev–Trinajstić information content (AvgIpc) is 2.88. The number of hydrogen-bond acceptors (Lipinski definition) is 3. The molecule has 0 aliphatic heterocycles. The van der Waals surface area contributed by atoms with Crippen molar-refractivity contribution in [2.45, 2.75) is 27.7 Å². The molecule has 5 heteroatoms. The van der Waals surface area contributed by atoms with Gasteiger partial charge in [0, 0.05) is 11.9 Å². The molecule has 3 rings (SSSR count). The lowest BCUT2D eigenvalue weighted by Gasteiger charge is -2.09. The molecule has 1 amide bonds. The Morgan fingerprint density at radius 3 is 2.71 bits per heavy atom. The summed E-state index contributed by atoms with van der Waals surface area (Å²) in [4.78, 5) is 17.3. The molecule has 0 bridgehead atoms. The standard InChI is InChI=1S/C19H21N3O2/c1-5-24-16-7-6-10-22-17(14(4)20-18(16)22)19(23)21-15-9-8-12(2)13(3)11-15/h6-11H,5H2,1-4H3,(H,21,23). The zero-order valence-electron chi connectivity index (χ0n) is 14.4. The molecule has 0 spiro atoms. The van der Waals surface area contributed by atoms with E-state index >= 15 is 0 Å². The van der Waals surface area contributed by atoms with Crippen LogP contribution in [0, 0.1) is 20.8 Å². The topological polar surface area (TPSA) is 55.6 Å². The number of carbonyl (C=O) groups excluding carboxylic acids is 1. The second-order valence-electron chi connectivity index (χ2n) is 5.80. The third-order valence-corrected chi connectivity index (χ3v) is 4.07. The number of rotatable bonds is 4. The van der Waals surface area contributed by atoms with Gasteiger partial charge in [0.25, 0.3) is 5.91 Å². The summed E-state index contributed by atoms with van der Waals surface area (Å²) in [5.41, 5.74) is 4.95. The number of ether oxygens (including phenoxy) is 1. The number of aryl methyl sites for hydroxylation is 3. The van der Waals surface area contributed by atoms with Crippen LogP contribution in [0.25, 0.3) is 5.65 Å². The van der Waals surface area contributed by atoms with Crippen LogP contribution in [0.3, 0.4) is 0 Å². The van der Waals surface area contributed by atoms with Gasteiger partial charge in [-0.25, -0.2) is 4.98 Å². The molecule has 5 nitrogen and oxygen atoms in total. The molecule has 0 fully saturated rings. The number of benzene rings is 1. The van der Waals surface area contributed by atoms with E-state index in [1.807, 2.05) is 64.2 Å². The van der Waals surface area contributed by atoms with Crippen LogP contribution >= 0.6 is 0 Å². The van der Waals surface area contributed by atoms with E-state index in [0.29, 0.717) is 29.4 Å². The molecule has 0 aliphatic rings. The predicted molar refractivity (Wildman–Crippen MR) is 95.0 cm³/mol. The Labute approximate surface area is 141 Å². The SMILES string of the molecule is CCOc1cccn2c(C(=O)Nc3ccc(C)c(C)c3)c(C)nc12. The number of pyridine rings is 1. The van der Waals surface area contributed by atoms with Gasteiger partial charge >= 0.3 is 0 Å². The van der Waals surface area contributed by atoms with Gasteiger partial charge in [-0.3, -0.25) is 9.20 Å². The molecule has 0 saturated carbocycles. The lowest BCUT2D eigenvalue weighted by atomic mass is 10.1. The third kappa shape index (κ3) is 2.85. The highest BCUT2D eigenvalue weighted by Gasteiger charge is 2.19. The summed E-state index contributed by atoms with van der Waals surface area (Å²) in [6.07, 6.45) is 1.83. The minimum absolute atomic E-state index is 0.183. The lowest BCUT2D eigenvalue weighted by Crippen LogP contribution is -2.15. The number of hydrogen-bond donors (Lipinski definition) is 1. The molecule has 3 aromatic rings. The summed E-state index contributed by atoms with van der Waals surface area (Å²) in [6.45, 7) is 8.38. The maximum Gasteiger partial charge on any atom is 0.274 e. The van der Waals surface area contributed by atoms with Crippen LogP contribution in [-0.2, 0) is 0 Å². The molecule has 0 unspecified atom stereocenters. The molecule has 0 atom stereocenters. The van der Waals surface area contributed by atoms with Gasteiger partial charge in [-0.2, -0.15) is 0 Å². The minimum atomic E-state index is -0.183. The van der Waals surface area contributed by atoms with E-state index in [1.165, 1.54) is 5.56 Å². The van der Waals surface area contributed by atoms with Crippen molar-refractivity contribution in [1.82, 2.24) is 9.38 Å². The summed E-state index contributed by atoms with van der Waals surface area (Å²) >= 11 is 0. The van der Waals surface area contributed by atoms with Crippen molar-refractivity contribution < 1.29 is 9.53 Å². The Morgan fingerprint density at radius 1 is 1.21 bits per heavy atom. The van der Waals surface area contributed by atoms with Crippen LogP contribution in [-0.4, -0.2) is 21.9 Å². The van der Waals surface area contributed by atoms with Crippen LogP contribution in [0.4, 0.5) is 5.69 Å². The van der Waals surface area contributed by atoms with Crippen molar-refractivity contribution in [2.24, 2.45) is 0 Å². The monoisotopic (exact) mass is 323 g/mol. The molecule has 0 radical (unpaired) electrons. The minimum Gasteiger partial charge on any atom is -0.490 e. The van der Waals surface area contributed by atoms with E-state index < -0.39 is 0 Å². The normalized spacial score (nSPS) is 10.8. The number of imidazole rings is 1. The van der Waals surface area contributed by atoms with Crippen LogP contribution in [0.15, 0.2) is 36.5 Å². The van der Waals surface area contributed by atoms with E-state index in [4.69, 9.17) is 4.74 Å². The molecule has 0 aliphatic carbocycles. The zero-order valence-corrected chi connectivity index (χ0v) is 14.4. The quantitative estimate of drug-likeness (QED) is 0.792. The van der Waals surface area contributed by atoms with Gasteiger partial charge in [0.15, 0.2) is 11.4 Å². The van der Waals surface area contributed by atoms with Crippen LogP contribution in [0.5, 0.6) is 5.75 Å². The van der Waals surface area contributed by atoms with Crippen molar-refractivity contribution >= 4 is 17.2 Å². The van der Waals surface area contributed by atoms with Crippen molar-refractivity contribution in [3.8, 4) is 5.75 Å². The second kappa shape index (κ2) is 6.35. The van der Waals surface area contributed by atoms with Crippen LogP contribution in [0.2, 0.25) is 0 Å². The zero-order chi connectivity index (χ0) is 17.3. The van der Waals surface area contributed by atoms with E-state index in [1.54, 1.807) is 4.40 Å². The molecule has 2 aromatic heterocycles. The second-order valence-corrected chi connectivity index (χ2v) is 5.80. The predicted octanol–water partition coefficient (Wildman–Crippen LogP) is 3.91. The highest BCUT2D eigenvalue weighted by atomic mass is 16.5. The first-order chi connectivity index (χ1) is 11.5. The molecule has 1 aromatic carbocycles. The van der Waals surface area contributed by atoms with Crippen molar-refractivity contribution in [3.63, 3.8) is 0 Å². The first-order valence-electron chi connectivity index (χ1n) is 8.00. The Bertz CT molecular complexity index is 912. The molecule has 124 valence electrons. The first kappa shape index (κ1) is 16.1. The van der Waals surface area contributed by atoms with Crippen molar-refractivity contribution in [1.29, 1.82) is 0 Å². The fraction of sp³-hybridized carbons (Fsp3) is 0.263. The number of aromatic nitrogens is 2. The summed E-state index contributed by atoms with van der Waals surface area (Å²) in [6, 6.07) is 9.59. The summed E-state index contributed by atoms with van der Waals surface area (Å²) in [5, 5.41) is 2.96. The molecule has 24 heavy (non-hydrogen) atoms. The van der Waals surface area contributed by atoms with Crippen molar-refractivity contribution in [3.05, 3.63) is 59.0 Å². The Morgan fingerprint density at radius 2 is 2.00 bits per heavy atom. The summed E-state index contributed by atoms with van der Waals surface area (Å²) < 4.78 is 7.37. The lowest BCUT2D eigenvalue weighted by molar-refractivity contribution is 0.102. The van der Waals surface area contributed by atoms with Crippen molar-refractivity contribution in [2.75, 3.05) is 11.9 Å². The maximum absolute atomic E-state index is 12.8. The van der Waals surface area contributed by atoms with Gasteiger partial charge in [0.05, 0.1) is 12.3 Å². The highest BCUT2D eigenvalue weighted by Crippen LogP contribution is 2.23. The number of amides is 1. The van der Waals surface area contributed by atoms with E-state index in [-0.39, 0.29) is 5.91 Å². The fourth-order valence-electron chi connectivity index (χ4n) is 2.71. The van der Waals surface area contributed by atoms with Crippen LogP contribution in [0.1, 0.15) is 34.2 Å². The average molecular weight is 323 g/mol. The molecule has 2 heterocycles. The van der Waals surface area contributed by atoms with Gasteiger partial charge in [-0.15, -0.1) is 0 Å². The van der Waals surface area contributed by atoms with Gasteiger partial charge in [-0.1, -0.05) is 6.07 Å². The Hall–Kier alpha value is -2.82. The molecule has 1 N–H and O–H groups in total. The maximum atomic E-state index is 12.8. The largest absolute Gasteiger partial charge is 0.490 e. The highest BCUT2D eigenvalue weighted by molar-refractivity contribution is 6.04. The smallest absolute Gasteiger partial charge is 0.274 e. The van der Waals surface area contributed by atoms with E-state index in [0.717, 1.165) is 11.3 Å². The molecular weight excluding hydrogens is 302 g/mol. The Kier molecular flexibility index (Phi) is 4.25. The Balaban J connectivity index is 1.99. The number of nitrogens with zero attached hydrogens (tertiary/aromatic N) is 2. The first-order valence-corrected chi connectivity index (χ1v) is 8.00.